The van der Waals surface area contributed by atoms with E-state index in [1.807, 2.05) is 4.72 Å². The minimum absolute atomic E-state index is 0. The van der Waals surface area contributed by atoms with Gasteiger partial charge in [0.25, 0.3) is 11.8 Å². The number of ether oxygens (including phenoxy) is 2. The molecule has 5 saturated carbocycles. The van der Waals surface area contributed by atoms with Crippen molar-refractivity contribution in [2.45, 2.75) is 125 Å². The molecule has 5 aliphatic carbocycles. The molecule has 0 spiro atoms. The molecule has 0 aromatic rings. The first-order valence-electron chi connectivity index (χ1n) is 17.2. The van der Waals surface area contributed by atoms with Gasteiger partial charge < -0.3 is 30.9 Å². The zero-order valence-corrected chi connectivity index (χ0v) is 33.9. The number of aliphatic carboxylic acids is 1. The molecule has 17 nitrogen and oxygen atoms in total. The monoisotopic (exact) mass is 823 g/mol. The summed E-state index contributed by atoms with van der Waals surface area (Å²) in [6.45, 7) is 20.9. The minimum Gasteiger partial charge on any atom is -0.479 e. The van der Waals surface area contributed by atoms with E-state index in [0.717, 1.165) is 0 Å². The number of sulfonamides is 2. The third-order valence-corrected chi connectivity index (χ3v) is 12.6. The number of carboxylic acids is 1. The fourth-order valence-corrected chi connectivity index (χ4v) is 7.98. The highest BCUT2D eigenvalue weighted by Gasteiger charge is 2.62. The van der Waals surface area contributed by atoms with E-state index in [2.05, 4.69) is 35.1 Å². The fourth-order valence-electron chi connectivity index (χ4n) is 5.25. The number of halogens is 1. The lowest BCUT2D eigenvalue weighted by molar-refractivity contribution is -0.141. The van der Waals surface area contributed by atoms with Crippen LogP contribution in [0.2, 0.25) is 0 Å². The van der Waals surface area contributed by atoms with Crippen molar-refractivity contribution in [3.05, 3.63) is 38.0 Å². The van der Waals surface area contributed by atoms with E-state index in [9.17, 15) is 40.8 Å². The van der Waals surface area contributed by atoms with Gasteiger partial charge in [-0.2, -0.15) is 0 Å². The van der Waals surface area contributed by atoms with Crippen LogP contribution in [0.5, 0.6) is 0 Å². The van der Waals surface area contributed by atoms with E-state index in [-0.39, 0.29) is 30.2 Å². The van der Waals surface area contributed by atoms with Crippen LogP contribution in [0.1, 0.15) is 86.5 Å². The number of rotatable bonds is 12. The van der Waals surface area contributed by atoms with E-state index in [0.29, 0.717) is 44.9 Å². The van der Waals surface area contributed by atoms with Gasteiger partial charge in [0.15, 0.2) is 0 Å². The second-order valence-corrected chi connectivity index (χ2v) is 20.0. The third-order valence-electron chi connectivity index (χ3n) is 9.00. The molecule has 7 N–H and O–H groups in total. The molecule has 5 aliphatic rings. The van der Waals surface area contributed by atoms with E-state index < -0.39 is 88.3 Å². The molecule has 5 fully saturated rings. The predicted molar refractivity (Wildman–Crippen MR) is 201 cm³/mol. The highest BCUT2D eigenvalue weighted by atomic mass is 35.5. The third kappa shape index (κ3) is 11.9. The van der Waals surface area contributed by atoms with Crippen molar-refractivity contribution in [2.24, 2.45) is 23.5 Å². The summed E-state index contributed by atoms with van der Waals surface area (Å²) in [5, 5.41) is 13.0. The molecule has 20 heteroatoms. The lowest BCUT2D eigenvalue weighted by atomic mass is 10.2. The van der Waals surface area contributed by atoms with Crippen LogP contribution < -0.4 is 25.8 Å². The van der Waals surface area contributed by atoms with Crippen molar-refractivity contribution < 1.29 is 55.4 Å². The van der Waals surface area contributed by atoms with Crippen molar-refractivity contribution in [2.75, 3.05) is 0 Å². The number of carbonyl (C=O) groups excluding carboxylic acids is 4. The van der Waals surface area contributed by atoms with E-state index in [4.69, 9.17) is 20.3 Å². The Morgan fingerprint density at radius 2 is 1.02 bits per heavy atom. The average Bonchev–Trinajstić information content (AvgIpc) is 3.78. The first kappa shape index (κ1) is 46.5. The van der Waals surface area contributed by atoms with Gasteiger partial charge in [0.05, 0.1) is 10.5 Å². The molecule has 0 unspecified atom stereocenters. The standard InChI is InChI=1S/C14H22N2O5S.C11H17NO4.C9H14N2O3S.ClH/c1-5-9-8-14(9,15-12(18)21-13(2,3)4)11(17)16-22(19,20)10-6-7-10;1-5-7-6-11(7,8(13)14)12-9(15)16-10(2,3)4;1-2-6-5-9(6,10)8(12)11-15(13,14)7-3-4-7;/h5,9-10H,1,6-8H2,2-4H3,(H,15,18)(H,16,17);5,7H,1,6H2,2-4H3,(H,12,15)(H,13,14);2,6-7H,1,3-5,10H2,(H,11,12);1H/t9-,14-;7-,11-;6-,9-;/m111./s1. The largest absolute Gasteiger partial charge is 0.479 e. The van der Waals surface area contributed by atoms with Crippen LogP contribution in [0.15, 0.2) is 38.0 Å². The lowest BCUT2D eigenvalue weighted by Crippen LogP contribution is -2.53. The van der Waals surface area contributed by atoms with Crippen LogP contribution in [0.25, 0.3) is 0 Å². The quantitative estimate of drug-likeness (QED) is 0.155. The van der Waals surface area contributed by atoms with Gasteiger partial charge in [0, 0.05) is 17.8 Å². The summed E-state index contributed by atoms with van der Waals surface area (Å²) >= 11 is 0. The van der Waals surface area contributed by atoms with Crippen LogP contribution >= 0.6 is 12.4 Å². The zero-order chi connectivity index (χ0) is 40.6. The van der Waals surface area contributed by atoms with E-state index in [1.165, 1.54) is 12.2 Å². The maximum absolute atomic E-state index is 12.3. The molecular formula is C34H54ClN5O12S2. The number of alkyl carbamates (subject to hydrolysis) is 2. The number of carboxylic acid groups (broad SMARTS) is 1. The van der Waals surface area contributed by atoms with E-state index >= 15 is 0 Å². The SMILES string of the molecule is C=C[C@@H]1C[C@]1(N)C(=O)NS(=O)(=O)C1CC1.C=C[C@@H]1C[C@]1(NC(=O)OC(C)(C)C)C(=O)NS(=O)(=O)C1CC1.C=C[C@@H]1C[C@]1(NC(=O)OC(C)(C)C)C(=O)O.Cl. The Kier molecular flexibility index (Phi) is 13.9. The van der Waals surface area contributed by atoms with Crippen molar-refractivity contribution >= 4 is 62.4 Å². The van der Waals surface area contributed by atoms with Crippen LogP contribution in [-0.4, -0.2) is 90.2 Å². The van der Waals surface area contributed by atoms with Gasteiger partial charge in [-0.25, -0.2) is 31.2 Å². The summed E-state index contributed by atoms with van der Waals surface area (Å²) in [6.07, 6.45) is 6.70. The first-order valence-corrected chi connectivity index (χ1v) is 20.2. The molecule has 5 rings (SSSR count). The molecule has 0 aromatic carbocycles. The van der Waals surface area contributed by atoms with Crippen LogP contribution in [0.3, 0.4) is 0 Å². The second kappa shape index (κ2) is 16.2. The summed E-state index contributed by atoms with van der Waals surface area (Å²) in [6, 6.07) is 0. The predicted octanol–water partition coefficient (Wildman–Crippen LogP) is 2.52. The summed E-state index contributed by atoms with van der Waals surface area (Å²) in [7, 11) is -7.13. The Morgan fingerprint density at radius 1 is 0.667 bits per heavy atom. The van der Waals surface area contributed by atoms with Crippen molar-refractivity contribution in [3.8, 4) is 0 Å². The Balaban J connectivity index is 0.000000284. The molecule has 54 heavy (non-hydrogen) atoms. The molecule has 0 aliphatic heterocycles. The maximum atomic E-state index is 12.3. The van der Waals surface area contributed by atoms with Gasteiger partial charge in [-0.05, 0) is 86.5 Å². The molecule has 6 atom stereocenters. The molecule has 0 aromatic heterocycles. The Hall–Kier alpha value is -3.68. The molecule has 4 amide bonds. The zero-order valence-electron chi connectivity index (χ0n) is 31.4. The first-order chi connectivity index (χ1) is 24.1. The Labute approximate surface area is 323 Å². The van der Waals surface area contributed by atoms with Gasteiger partial charge in [0.2, 0.25) is 20.0 Å². The fraction of sp³-hybridized carbons (Fsp3) is 0.676. The number of nitrogens with one attached hydrogen (secondary N) is 4. The molecule has 0 radical (unpaired) electrons. The summed E-state index contributed by atoms with van der Waals surface area (Å²) in [5.74, 6) is -3.02. The molecule has 0 saturated heterocycles. The van der Waals surface area contributed by atoms with Gasteiger partial charge in [-0.15, -0.1) is 32.1 Å². The minimum atomic E-state index is -3.66. The second-order valence-electron chi connectivity index (χ2n) is 16.0. The molecule has 0 heterocycles. The van der Waals surface area contributed by atoms with Crippen molar-refractivity contribution in [3.63, 3.8) is 0 Å². The summed E-state index contributed by atoms with van der Waals surface area (Å²) in [5.41, 5.74) is 0.825. The Bertz CT molecular complexity index is 1750. The topological polar surface area (TPSA) is 266 Å². The molecular weight excluding hydrogens is 770 g/mol. The normalized spacial score (nSPS) is 29.2. The van der Waals surface area contributed by atoms with Gasteiger partial charge in [-0.1, -0.05) is 18.2 Å². The number of nitrogens with two attached hydrogens (primary N) is 1. The van der Waals surface area contributed by atoms with Crippen molar-refractivity contribution in [1.29, 1.82) is 0 Å². The van der Waals surface area contributed by atoms with Gasteiger partial charge in [-0.3, -0.25) is 19.0 Å². The maximum Gasteiger partial charge on any atom is 0.408 e. The molecule has 306 valence electrons. The van der Waals surface area contributed by atoms with E-state index in [1.54, 1.807) is 47.6 Å². The summed E-state index contributed by atoms with van der Waals surface area (Å²) < 4.78 is 60.9. The van der Waals surface area contributed by atoms with Crippen LogP contribution in [-0.2, 0) is 43.9 Å². The lowest BCUT2D eigenvalue weighted by Gasteiger charge is -2.23. The highest BCUT2D eigenvalue weighted by Crippen LogP contribution is 2.46. The van der Waals surface area contributed by atoms with Gasteiger partial charge in [0.1, 0.15) is 27.8 Å². The number of hydrogen-bond acceptors (Lipinski definition) is 12. The highest BCUT2D eigenvalue weighted by molar-refractivity contribution is 7.91. The number of amides is 4. The average molecular weight is 824 g/mol. The molecule has 0 bridgehead atoms. The van der Waals surface area contributed by atoms with Crippen molar-refractivity contribution in [1.82, 2.24) is 20.1 Å². The number of hydrogen-bond donors (Lipinski definition) is 6. The van der Waals surface area contributed by atoms with Gasteiger partial charge >= 0.3 is 18.2 Å². The summed E-state index contributed by atoms with van der Waals surface area (Å²) in [4.78, 5) is 58.3. The Morgan fingerprint density at radius 3 is 1.31 bits per heavy atom. The van der Waals surface area contributed by atoms with Crippen LogP contribution in [0.4, 0.5) is 9.59 Å². The van der Waals surface area contributed by atoms with Crippen LogP contribution in [0, 0.1) is 17.8 Å². The smallest absolute Gasteiger partial charge is 0.408 e. The number of carbonyl (C=O) groups is 5.